The number of carbonyl (C=O) groups is 1. The summed E-state index contributed by atoms with van der Waals surface area (Å²) in [6.45, 7) is 5.27. The molecule has 0 radical (unpaired) electrons. The Bertz CT molecular complexity index is 439. The van der Waals surface area contributed by atoms with E-state index in [-0.39, 0.29) is 18.2 Å². The van der Waals surface area contributed by atoms with Crippen molar-refractivity contribution in [1.82, 2.24) is 9.78 Å². The number of aromatic nitrogens is 2. The van der Waals surface area contributed by atoms with Crippen molar-refractivity contribution < 1.29 is 14.8 Å². The standard InChI is InChI=1S/C10H15N3O4/c1-6(2)9-8(13(16)17)5-12(11-9)4-7(3)10(14)15/h5-7H,4H2,1-3H3,(H,14,15). The summed E-state index contributed by atoms with van der Waals surface area (Å²) >= 11 is 0. The highest BCUT2D eigenvalue weighted by molar-refractivity contribution is 5.69. The monoisotopic (exact) mass is 241 g/mol. The van der Waals surface area contributed by atoms with Crippen LogP contribution in [0.3, 0.4) is 0 Å². The molecule has 7 nitrogen and oxygen atoms in total. The van der Waals surface area contributed by atoms with Gasteiger partial charge in [0.2, 0.25) is 0 Å². The smallest absolute Gasteiger partial charge is 0.310 e. The van der Waals surface area contributed by atoms with Crippen LogP contribution >= 0.6 is 0 Å². The Morgan fingerprint density at radius 2 is 2.18 bits per heavy atom. The van der Waals surface area contributed by atoms with Crippen molar-refractivity contribution in [2.24, 2.45) is 5.92 Å². The van der Waals surface area contributed by atoms with Gasteiger partial charge in [-0.05, 0) is 0 Å². The van der Waals surface area contributed by atoms with E-state index in [0.29, 0.717) is 5.69 Å². The van der Waals surface area contributed by atoms with Crippen LogP contribution in [-0.4, -0.2) is 25.8 Å². The molecule has 0 spiro atoms. The lowest BCUT2D eigenvalue weighted by Crippen LogP contribution is -2.17. The van der Waals surface area contributed by atoms with Crippen molar-refractivity contribution >= 4 is 11.7 Å². The molecule has 1 aromatic rings. The second-order valence-electron chi connectivity index (χ2n) is 4.27. The Morgan fingerprint density at radius 1 is 1.59 bits per heavy atom. The van der Waals surface area contributed by atoms with Gasteiger partial charge in [-0.3, -0.25) is 19.6 Å². The molecule has 0 amide bonds. The molecule has 17 heavy (non-hydrogen) atoms. The molecule has 94 valence electrons. The number of carboxylic acid groups (broad SMARTS) is 1. The van der Waals surface area contributed by atoms with Crippen LogP contribution in [0.2, 0.25) is 0 Å². The highest BCUT2D eigenvalue weighted by atomic mass is 16.6. The third kappa shape index (κ3) is 3.02. The predicted molar refractivity (Wildman–Crippen MR) is 59.8 cm³/mol. The number of rotatable bonds is 5. The van der Waals surface area contributed by atoms with E-state index in [0.717, 1.165) is 0 Å². The molecule has 0 aliphatic carbocycles. The summed E-state index contributed by atoms with van der Waals surface area (Å²) in [6.07, 6.45) is 1.29. The van der Waals surface area contributed by atoms with Gasteiger partial charge in [-0.1, -0.05) is 20.8 Å². The number of aliphatic carboxylic acids is 1. The first kappa shape index (κ1) is 13.1. The zero-order valence-corrected chi connectivity index (χ0v) is 9.95. The Balaban J connectivity index is 3.00. The Morgan fingerprint density at radius 3 is 2.53 bits per heavy atom. The lowest BCUT2D eigenvalue weighted by atomic mass is 10.1. The van der Waals surface area contributed by atoms with Crippen LogP contribution in [0.5, 0.6) is 0 Å². The first-order valence-electron chi connectivity index (χ1n) is 5.27. The van der Waals surface area contributed by atoms with Crippen molar-refractivity contribution in [3.8, 4) is 0 Å². The molecule has 0 bridgehead atoms. The van der Waals surface area contributed by atoms with Gasteiger partial charge in [-0.2, -0.15) is 5.10 Å². The average Bonchev–Trinajstić information content (AvgIpc) is 2.61. The van der Waals surface area contributed by atoms with Crippen LogP contribution in [0.25, 0.3) is 0 Å². The molecule has 0 aliphatic heterocycles. The maximum atomic E-state index is 10.8. The van der Waals surface area contributed by atoms with E-state index in [1.54, 1.807) is 13.8 Å². The summed E-state index contributed by atoms with van der Waals surface area (Å²) in [7, 11) is 0. The Kier molecular flexibility index (Phi) is 3.82. The minimum absolute atomic E-state index is 0.0578. The van der Waals surface area contributed by atoms with Crippen LogP contribution in [-0.2, 0) is 11.3 Å². The fourth-order valence-electron chi connectivity index (χ4n) is 1.43. The highest BCUT2D eigenvalue weighted by Gasteiger charge is 2.23. The third-order valence-electron chi connectivity index (χ3n) is 2.40. The molecule has 1 unspecified atom stereocenters. The minimum Gasteiger partial charge on any atom is -0.481 e. The quantitative estimate of drug-likeness (QED) is 0.624. The van der Waals surface area contributed by atoms with Crippen LogP contribution in [0.1, 0.15) is 32.4 Å². The molecule has 0 fully saturated rings. The van der Waals surface area contributed by atoms with Gasteiger partial charge in [0.1, 0.15) is 11.9 Å². The summed E-state index contributed by atoms with van der Waals surface area (Å²) in [5, 5.41) is 23.6. The van der Waals surface area contributed by atoms with Gasteiger partial charge in [-0.25, -0.2) is 0 Å². The van der Waals surface area contributed by atoms with Crippen molar-refractivity contribution in [2.75, 3.05) is 0 Å². The summed E-state index contributed by atoms with van der Waals surface area (Å²) in [5.74, 6) is -1.65. The van der Waals surface area contributed by atoms with Crippen molar-refractivity contribution in [1.29, 1.82) is 0 Å². The zero-order chi connectivity index (χ0) is 13.2. The van der Waals surface area contributed by atoms with Crippen molar-refractivity contribution in [3.05, 3.63) is 22.0 Å². The Hall–Kier alpha value is -1.92. The van der Waals surface area contributed by atoms with Crippen LogP contribution in [0.4, 0.5) is 5.69 Å². The summed E-state index contributed by atoms with van der Waals surface area (Å²) in [6, 6.07) is 0. The molecule has 7 heteroatoms. The SMILES string of the molecule is CC(Cn1cc([N+](=O)[O-])c(C(C)C)n1)C(=O)O. The molecular formula is C10H15N3O4. The van der Waals surface area contributed by atoms with Gasteiger partial charge in [0.05, 0.1) is 17.4 Å². The fourth-order valence-corrected chi connectivity index (χ4v) is 1.43. The molecule has 1 rings (SSSR count). The average molecular weight is 241 g/mol. The Labute approximate surface area is 98.2 Å². The van der Waals surface area contributed by atoms with E-state index in [1.165, 1.54) is 17.8 Å². The molecule has 1 aromatic heterocycles. The molecule has 1 heterocycles. The second-order valence-corrected chi connectivity index (χ2v) is 4.27. The van der Waals surface area contributed by atoms with Crippen molar-refractivity contribution in [3.63, 3.8) is 0 Å². The largest absolute Gasteiger partial charge is 0.481 e. The predicted octanol–water partition coefficient (Wildman–Crippen LogP) is 1.64. The van der Waals surface area contributed by atoms with E-state index >= 15 is 0 Å². The van der Waals surface area contributed by atoms with Gasteiger partial charge in [0.15, 0.2) is 0 Å². The van der Waals surface area contributed by atoms with Gasteiger partial charge in [-0.15, -0.1) is 0 Å². The van der Waals surface area contributed by atoms with Gasteiger partial charge in [0.25, 0.3) is 0 Å². The number of hydrogen-bond acceptors (Lipinski definition) is 4. The molecule has 1 N–H and O–H groups in total. The van der Waals surface area contributed by atoms with E-state index in [4.69, 9.17) is 5.11 Å². The van der Waals surface area contributed by atoms with Gasteiger partial charge < -0.3 is 5.11 Å². The molecule has 0 saturated heterocycles. The topological polar surface area (TPSA) is 98.3 Å². The van der Waals surface area contributed by atoms with E-state index in [1.807, 2.05) is 0 Å². The van der Waals surface area contributed by atoms with Crippen LogP contribution < -0.4 is 0 Å². The lowest BCUT2D eigenvalue weighted by molar-refractivity contribution is -0.385. The third-order valence-corrected chi connectivity index (χ3v) is 2.40. The number of carboxylic acids is 1. The number of nitro groups is 1. The molecule has 0 saturated carbocycles. The zero-order valence-electron chi connectivity index (χ0n) is 9.95. The summed E-state index contributed by atoms with van der Waals surface area (Å²) in [5.41, 5.74) is 0.324. The first-order chi connectivity index (χ1) is 7.82. The van der Waals surface area contributed by atoms with Crippen LogP contribution in [0.15, 0.2) is 6.20 Å². The minimum atomic E-state index is -0.950. The van der Waals surface area contributed by atoms with Gasteiger partial charge in [0, 0.05) is 5.92 Å². The van der Waals surface area contributed by atoms with E-state index in [2.05, 4.69) is 5.10 Å². The summed E-state index contributed by atoms with van der Waals surface area (Å²) < 4.78 is 1.33. The van der Waals surface area contributed by atoms with Crippen LogP contribution in [0, 0.1) is 16.0 Å². The van der Waals surface area contributed by atoms with E-state index in [9.17, 15) is 14.9 Å². The first-order valence-corrected chi connectivity index (χ1v) is 5.27. The van der Waals surface area contributed by atoms with Crippen molar-refractivity contribution in [2.45, 2.75) is 33.2 Å². The molecular weight excluding hydrogens is 226 g/mol. The lowest BCUT2D eigenvalue weighted by Gasteiger charge is -2.05. The van der Waals surface area contributed by atoms with Gasteiger partial charge >= 0.3 is 11.7 Å². The normalized spacial score (nSPS) is 12.7. The fraction of sp³-hybridized carbons (Fsp3) is 0.600. The number of nitrogens with zero attached hydrogens (tertiary/aromatic N) is 3. The van der Waals surface area contributed by atoms with E-state index < -0.39 is 16.8 Å². The number of hydrogen-bond donors (Lipinski definition) is 1. The summed E-state index contributed by atoms with van der Waals surface area (Å²) in [4.78, 5) is 21.0. The maximum Gasteiger partial charge on any atom is 0.310 e. The molecule has 0 aliphatic rings. The highest BCUT2D eigenvalue weighted by Crippen LogP contribution is 2.24. The maximum absolute atomic E-state index is 10.8. The molecule has 0 aromatic carbocycles. The second kappa shape index (κ2) is 4.94. The molecule has 1 atom stereocenters.